The lowest BCUT2D eigenvalue weighted by Crippen LogP contribution is -2.28. The zero-order valence-corrected chi connectivity index (χ0v) is 13.8. The van der Waals surface area contributed by atoms with Gasteiger partial charge in [-0.25, -0.2) is 13.6 Å². The number of hydrogen-bond donors (Lipinski definition) is 1. The number of aromatic nitrogens is 1. The van der Waals surface area contributed by atoms with Crippen LogP contribution >= 0.6 is 0 Å². The standard InChI is InChI=1S/C19H15F2NO4/c1-2-26-19(25)16-17(23)12-8-13(20)14(21)9-15(12)22(18(16)24)10-11-6-4-3-5-7-11/h3-9,23H,2,10H2,1H3. The predicted octanol–water partition coefficient (Wildman–Crippen LogP) is 3.21. The van der Waals surface area contributed by atoms with Gasteiger partial charge in [-0.15, -0.1) is 0 Å². The van der Waals surface area contributed by atoms with Crippen molar-refractivity contribution in [2.75, 3.05) is 6.61 Å². The van der Waals surface area contributed by atoms with Crippen LogP contribution < -0.4 is 5.56 Å². The van der Waals surface area contributed by atoms with Crippen molar-refractivity contribution < 1.29 is 23.4 Å². The maximum Gasteiger partial charge on any atom is 0.347 e. The molecular formula is C19H15F2NO4. The SMILES string of the molecule is CCOC(=O)c1c(O)c2cc(F)c(F)cc2n(Cc2ccccc2)c1=O. The summed E-state index contributed by atoms with van der Waals surface area (Å²) in [5.74, 6) is -4.12. The molecule has 3 rings (SSSR count). The van der Waals surface area contributed by atoms with Crippen LogP contribution in [-0.2, 0) is 11.3 Å². The maximum atomic E-state index is 13.7. The number of fused-ring (bicyclic) bond motifs is 1. The van der Waals surface area contributed by atoms with E-state index in [1.54, 1.807) is 37.3 Å². The zero-order chi connectivity index (χ0) is 18.8. The lowest BCUT2D eigenvalue weighted by Gasteiger charge is -2.15. The van der Waals surface area contributed by atoms with Crippen LogP contribution in [0.25, 0.3) is 10.9 Å². The Kier molecular flexibility index (Phi) is 4.71. The van der Waals surface area contributed by atoms with E-state index in [1.165, 1.54) is 0 Å². The van der Waals surface area contributed by atoms with Crippen molar-refractivity contribution in [2.45, 2.75) is 13.5 Å². The van der Waals surface area contributed by atoms with Gasteiger partial charge in [-0.1, -0.05) is 30.3 Å². The van der Waals surface area contributed by atoms with Gasteiger partial charge in [-0.2, -0.15) is 0 Å². The van der Waals surface area contributed by atoms with Crippen LogP contribution in [0.3, 0.4) is 0 Å². The molecule has 0 atom stereocenters. The van der Waals surface area contributed by atoms with Crippen molar-refractivity contribution in [3.05, 3.63) is 75.6 Å². The molecule has 0 bridgehead atoms. The normalized spacial score (nSPS) is 10.9. The minimum absolute atomic E-state index is 0.00772. The second-order valence-corrected chi connectivity index (χ2v) is 5.60. The average Bonchev–Trinajstić information content (AvgIpc) is 2.62. The van der Waals surface area contributed by atoms with Crippen LogP contribution in [0.2, 0.25) is 0 Å². The highest BCUT2D eigenvalue weighted by Gasteiger charge is 2.24. The molecular weight excluding hydrogens is 344 g/mol. The second kappa shape index (κ2) is 6.95. The molecule has 0 aliphatic carbocycles. The fourth-order valence-corrected chi connectivity index (χ4v) is 2.74. The molecule has 2 aromatic carbocycles. The van der Waals surface area contributed by atoms with Gasteiger partial charge in [0.15, 0.2) is 17.2 Å². The molecule has 1 heterocycles. The van der Waals surface area contributed by atoms with Gasteiger partial charge in [0, 0.05) is 11.5 Å². The van der Waals surface area contributed by atoms with E-state index >= 15 is 0 Å². The third-order valence-electron chi connectivity index (χ3n) is 3.94. The number of nitrogens with zero attached hydrogens (tertiary/aromatic N) is 1. The summed E-state index contributed by atoms with van der Waals surface area (Å²) in [6, 6.07) is 10.4. The molecule has 0 unspecified atom stereocenters. The Balaban J connectivity index is 2.34. The van der Waals surface area contributed by atoms with E-state index in [0.717, 1.165) is 16.7 Å². The number of benzene rings is 2. The minimum Gasteiger partial charge on any atom is -0.506 e. The number of ether oxygens (including phenoxy) is 1. The van der Waals surface area contributed by atoms with Crippen LogP contribution in [0.4, 0.5) is 8.78 Å². The highest BCUT2D eigenvalue weighted by Crippen LogP contribution is 2.29. The lowest BCUT2D eigenvalue weighted by molar-refractivity contribution is 0.0520. The van der Waals surface area contributed by atoms with E-state index in [0.29, 0.717) is 5.56 Å². The van der Waals surface area contributed by atoms with E-state index in [9.17, 15) is 23.5 Å². The summed E-state index contributed by atoms with van der Waals surface area (Å²) in [6.07, 6.45) is 0. The van der Waals surface area contributed by atoms with Crippen molar-refractivity contribution in [1.29, 1.82) is 0 Å². The van der Waals surface area contributed by atoms with Gasteiger partial charge in [0.2, 0.25) is 0 Å². The monoisotopic (exact) mass is 359 g/mol. The molecule has 0 saturated carbocycles. The number of carbonyl (C=O) groups excluding carboxylic acids is 1. The van der Waals surface area contributed by atoms with E-state index in [2.05, 4.69) is 0 Å². The largest absolute Gasteiger partial charge is 0.506 e. The van der Waals surface area contributed by atoms with Crippen LogP contribution in [-0.4, -0.2) is 22.2 Å². The molecule has 1 aromatic heterocycles. The summed E-state index contributed by atoms with van der Waals surface area (Å²) in [7, 11) is 0. The smallest absolute Gasteiger partial charge is 0.347 e. The number of pyridine rings is 1. The zero-order valence-electron chi connectivity index (χ0n) is 13.8. The van der Waals surface area contributed by atoms with Crippen LogP contribution in [0.1, 0.15) is 22.8 Å². The fourth-order valence-electron chi connectivity index (χ4n) is 2.74. The number of halogens is 2. The Morgan fingerprint density at radius 2 is 1.81 bits per heavy atom. The molecule has 0 fully saturated rings. The first-order valence-corrected chi connectivity index (χ1v) is 7.89. The predicted molar refractivity (Wildman–Crippen MR) is 91.3 cm³/mol. The highest BCUT2D eigenvalue weighted by atomic mass is 19.2. The number of esters is 1. The summed E-state index contributed by atoms with van der Waals surface area (Å²) in [6.45, 7) is 1.55. The molecule has 5 nitrogen and oxygen atoms in total. The maximum absolute atomic E-state index is 13.7. The Labute approximate surface area is 147 Å². The molecule has 134 valence electrons. The first kappa shape index (κ1) is 17.6. The van der Waals surface area contributed by atoms with E-state index in [4.69, 9.17) is 4.74 Å². The summed E-state index contributed by atoms with van der Waals surface area (Å²) < 4.78 is 33.4. The summed E-state index contributed by atoms with van der Waals surface area (Å²) >= 11 is 0. The van der Waals surface area contributed by atoms with Crippen molar-refractivity contribution in [2.24, 2.45) is 0 Å². The highest BCUT2D eigenvalue weighted by molar-refractivity contribution is 5.99. The molecule has 3 aromatic rings. The topological polar surface area (TPSA) is 68.5 Å². The van der Waals surface area contributed by atoms with E-state index < -0.39 is 34.5 Å². The number of rotatable bonds is 4. The molecule has 26 heavy (non-hydrogen) atoms. The molecule has 0 amide bonds. The van der Waals surface area contributed by atoms with Crippen LogP contribution in [0.15, 0.2) is 47.3 Å². The molecule has 0 radical (unpaired) electrons. The third-order valence-corrected chi connectivity index (χ3v) is 3.94. The molecule has 0 saturated heterocycles. The number of hydrogen-bond acceptors (Lipinski definition) is 4. The number of carbonyl (C=O) groups is 1. The minimum atomic E-state index is -1.20. The Bertz CT molecular complexity index is 1050. The average molecular weight is 359 g/mol. The Morgan fingerprint density at radius 1 is 1.15 bits per heavy atom. The quantitative estimate of drug-likeness (QED) is 0.727. The van der Waals surface area contributed by atoms with Crippen molar-refractivity contribution in [1.82, 2.24) is 4.57 Å². The Morgan fingerprint density at radius 3 is 2.46 bits per heavy atom. The first-order valence-electron chi connectivity index (χ1n) is 7.89. The molecule has 0 aliphatic rings. The van der Waals surface area contributed by atoms with Crippen LogP contribution in [0, 0.1) is 11.6 Å². The lowest BCUT2D eigenvalue weighted by atomic mass is 10.1. The summed E-state index contributed by atoms with van der Waals surface area (Å²) in [5.41, 5.74) is -0.769. The molecule has 0 aliphatic heterocycles. The van der Waals surface area contributed by atoms with Gasteiger partial charge in [0.05, 0.1) is 18.7 Å². The second-order valence-electron chi connectivity index (χ2n) is 5.60. The van der Waals surface area contributed by atoms with Gasteiger partial charge >= 0.3 is 5.97 Å². The first-order chi connectivity index (χ1) is 12.4. The van der Waals surface area contributed by atoms with Crippen LogP contribution in [0.5, 0.6) is 5.75 Å². The van der Waals surface area contributed by atoms with Crippen molar-refractivity contribution in [3.8, 4) is 5.75 Å². The van der Waals surface area contributed by atoms with Crippen molar-refractivity contribution >= 4 is 16.9 Å². The van der Waals surface area contributed by atoms with Gasteiger partial charge in [0.25, 0.3) is 5.56 Å². The summed E-state index contributed by atoms with van der Waals surface area (Å²) in [4.78, 5) is 24.9. The number of aromatic hydroxyl groups is 1. The van der Waals surface area contributed by atoms with Gasteiger partial charge in [-0.05, 0) is 18.6 Å². The van der Waals surface area contributed by atoms with E-state index in [-0.39, 0.29) is 24.1 Å². The van der Waals surface area contributed by atoms with E-state index in [1.807, 2.05) is 0 Å². The van der Waals surface area contributed by atoms with Gasteiger partial charge in [-0.3, -0.25) is 4.79 Å². The fraction of sp³-hybridized carbons (Fsp3) is 0.158. The summed E-state index contributed by atoms with van der Waals surface area (Å²) in [5, 5.41) is 10.2. The molecule has 7 heteroatoms. The van der Waals surface area contributed by atoms with Gasteiger partial charge in [0.1, 0.15) is 5.75 Å². The molecule has 0 spiro atoms. The van der Waals surface area contributed by atoms with Crippen molar-refractivity contribution in [3.63, 3.8) is 0 Å². The Hall–Kier alpha value is -3.22. The third kappa shape index (κ3) is 3.03. The molecule has 1 N–H and O–H groups in total. The van der Waals surface area contributed by atoms with Gasteiger partial charge < -0.3 is 14.4 Å².